The van der Waals surface area contributed by atoms with Crippen LogP contribution in [0.15, 0.2) is 18.2 Å². The van der Waals surface area contributed by atoms with Gasteiger partial charge in [-0.05, 0) is 91.5 Å². The molecule has 8 rings (SSSR count). The van der Waals surface area contributed by atoms with Gasteiger partial charge in [0.1, 0.15) is 52.2 Å². The Balaban J connectivity index is 1.23. The van der Waals surface area contributed by atoms with Crippen LogP contribution in [0.1, 0.15) is 79.2 Å². The van der Waals surface area contributed by atoms with Gasteiger partial charge in [0.15, 0.2) is 5.82 Å². The molecule has 1 spiro atoms. The average Bonchev–Trinajstić information content (AvgIpc) is 3.88. The average molecular weight is 840 g/mol. The number of alkyl halides is 1. The summed E-state index contributed by atoms with van der Waals surface area (Å²) in [5.41, 5.74) is -2.83. The van der Waals surface area contributed by atoms with E-state index in [1.807, 2.05) is 25.7 Å². The molecular weight excluding hydrogens is 795 g/mol. The Morgan fingerprint density at radius 2 is 1.81 bits per heavy atom. The standard InChI is InChI=1S/C41H45ClF3N7O5S/c1-38(2,3)56-36(53)49-34-25(18-46)28-23(8-9-27(44)32(28)58-34)29-26(42)16-24-31(30(29)45)47-35(55-21-41-10-7-13-51(41)19-22(43)17-41)48-33(24)50-14-11-40(20-50)12-15-52(40)37(54)57-39(4,5)6/h8-9,16,22H,7,10-15,17,19-21H2,1-6H3,(H,49,53)/t22-,40-,41+/m1/s1. The van der Waals surface area contributed by atoms with Crippen molar-refractivity contribution in [2.24, 2.45) is 0 Å². The summed E-state index contributed by atoms with van der Waals surface area (Å²) >= 11 is 7.80. The molecule has 0 bridgehead atoms. The monoisotopic (exact) mass is 839 g/mol. The number of carbonyl (C=O) groups excluding carboxylic acids is 2. The fourth-order valence-corrected chi connectivity index (χ4v) is 10.3. The van der Waals surface area contributed by atoms with Crippen molar-refractivity contribution in [1.82, 2.24) is 19.8 Å². The third-order valence-electron chi connectivity index (χ3n) is 11.5. The first-order valence-electron chi connectivity index (χ1n) is 19.4. The number of hydrogen-bond donors (Lipinski definition) is 1. The van der Waals surface area contributed by atoms with Crippen LogP contribution in [0.5, 0.6) is 6.01 Å². The third kappa shape index (κ3) is 7.12. The SMILES string of the molecule is CC(C)(C)OC(=O)Nc1sc2c(F)ccc(-c3c(Cl)cc4c(N5CC[C@@]6(CCN6C(=O)OC(C)(C)C)C5)nc(OC[C@@]56CCCN5C[C@H](F)C6)nc4c3F)c2c1C#N. The minimum absolute atomic E-state index is 0.00332. The molecule has 17 heteroatoms. The number of rotatable bonds is 6. The number of hydrogen-bond acceptors (Lipinski definition) is 11. The number of thiophene rings is 1. The van der Waals surface area contributed by atoms with E-state index in [1.54, 1.807) is 31.7 Å². The van der Waals surface area contributed by atoms with Gasteiger partial charge in [-0.1, -0.05) is 17.7 Å². The molecule has 58 heavy (non-hydrogen) atoms. The Labute approximate surface area is 343 Å². The molecule has 4 saturated heterocycles. The maximum Gasteiger partial charge on any atom is 0.412 e. The van der Waals surface area contributed by atoms with E-state index in [2.05, 4.69) is 21.3 Å². The number of benzene rings is 2. The number of nitriles is 1. The molecule has 4 aliphatic heterocycles. The maximum absolute atomic E-state index is 17.5. The molecule has 308 valence electrons. The van der Waals surface area contributed by atoms with Crippen LogP contribution in [0.2, 0.25) is 5.02 Å². The van der Waals surface area contributed by atoms with Gasteiger partial charge in [-0.3, -0.25) is 10.2 Å². The molecule has 6 heterocycles. The Morgan fingerprint density at radius 3 is 2.50 bits per heavy atom. The number of ether oxygens (including phenoxy) is 3. The quantitative estimate of drug-likeness (QED) is 0.200. The van der Waals surface area contributed by atoms with Crippen molar-refractivity contribution in [3.8, 4) is 23.2 Å². The van der Waals surface area contributed by atoms with E-state index in [0.717, 1.165) is 43.2 Å². The van der Waals surface area contributed by atoms with E-state index in [-0.39, 0.29) is 60.3 Å². The van der Waals surface area contributed by atoms with Crippen LogP contribution in [0.3, 0.4) is 0 Å². The first-order valence-corrected chi connectivity index (χ1v) is 20.6. The van der Waals surface area contributed by atoms with E-state index < -0.39 is 52.3 Å². The molecule has 3 atom stereocenters. The maximum atomic E-state index is 17.5. The van der Waals surface area contributed by atoms with E-state index in [1.165, 1.54) is 6.07 Å². The fourth-order valence-electron chi connectivity index (χ4n) is 8.93. The molecule has 2 aromatic heterocycles. The molecule has 2 amide bonds. The zero-order chi connectivity index (χ0) is 41.5. The lowest BCUT2D eigenvalue weighted by Crippen LogP contribution is -2.64. The highest BCUT2D eigenvalue weighted by Crippen LogP contribution is 2.48. The minimum Gasteiger partial charge on any atom is -0.461 e. The molecule has 0 radical (unpaired) electrons. The van der Waals surface area contributed by atoms with E-state index in [0.29, 0.717) is 44.8 Å². The fraction of sp³-hybridized carbons (Fsp3) is 0.537. The smallest absolute Gasteiger partial charge is 0.412 e. The van der Waals surface area contributed by atoms with Crippen molar-refractivity contribution in [3.63, 3.8) is 0 Å². The molecule has 0 saturated carbocycles. The lowest BCUT2D eigenvalue weighted by atomic mass is 9.84. The van der Waals surface area contributed by atoms with Crippen molar-refractivity contribution < 1.29 is 37.0 Å². The molecule has 4 fully saturated rings. The van der Waals surface area contributed by atoms with Gasteiger partial charge in [0.05, 0.1) is 26.4 Å². The summed E-state index contributed by atoms with van der Waals surface area (Å²) in [6, 6.07) is 5.97. The normalized spacial score (nSPS) is 23.4. The zero-order valence-electron chi connectivity index (χ0n) is 33.2. The number of carbonyl (C=O) groups is 2. The van der Waals surface area contributed by atoms with Crippen LogP contribution < -0.4 is 15.0 Å². The largest absolute Gasteiger partial charge is 0.461 e. The van der Waals surface area contributed by atoms with Crippen molar-refractivity contribution >= 4 is 66.9 Å². The predicted molar refractivity (Wildman–Crippen MR) is 216 cm³/mol. The number of nitrogens with zero attached hydrogens (tertiary/aromatic N) is 6. The van der Waals surface area contributed by atoms with E-state index >= 15 is 8.78 Å². The van der Waals surface area contributed by atoms with Gasteiger partial charge in [0, 0.05) is 48.9 Å². The van der Waals surface area contributed by atoms with Gasteiger partial charge >= 0.3 is 18.2 Å². The summed E-state index contributed by atoms with van der Waals surface area (Å²) in [6.45, 7) is 13.1. The lowest BCUT2D eigenvalue weighted by molar-refractivity contribution is -0.0363. The van der Waals surface area contributed by atoms with Crippen molar-refractivity contribution in [1.29, 1.82) is 5.26 Å². The second-order valence-electron chi connectivity index (χ2n) is 17.8. The van der Waals surface area contributed by atoms with Crippen LogP contribution in [0, 0.1) is 23.0 Å². The zero-order valence-corrected chi connectivity index (χ0v) is 34.8. The minimum atomic E-state index is -0.988. The number of anilines is 2. The first-order chi connectivity index (χ1) is 27.3. The van der Waals surface area contributed by atoms with Crippen molar-refractivity contribution in [2.45, 2.75) is 102 Å². The summed E-state index contributed by atoms with van der Waals surface area (Å²) in [5, 5.41) is 13.2. The van der Waals surface area contributed by atoms with Gasteiger partial charge < -0.3 is 24.0 Å². The van der Waals surface area contributed by atoms with Gasteiger partial charge in [-0.2, -0.15) is 15.2 Å². The van der Waals surface area contributed by atoms with Crippen LogP contribution in [-0.2, 0) is 9.47 Å². The van der Waals surface area contributed by atoms with Crippen molar-refractivity contribution in [2.75, 3.05) is 49.5 Å². The number of likely N-dealkylation sites (tertiary alicyclic amines) is 1. The first kappa shape index (κ1) is 40.2. The highest BCUT2D eigenvalue weighted by atomic mass is 35.5. The number of fused-ring (bicyclic) bond motifs is 3. The second-order valence-corrected chi connectivity index (χ2v) is 19.2. The second kappa shape index (κ2) is 14.3. The highest BCUT2D eigenvalue weighted by molar-refractivity contribution is 7.23. The highest BCUT2D eigenvalue weighted by Gasteiger charge is 2.53. The van der Waals surface area contributed by atoms with Gasteiger partial charge in [0.25, 0.3) is 0 Å². The Hall–Kier alpha value is -4.59. The Kier molecular flexibility index (Phi) is 9.91. The third-order valence-corrected chi connectivity index (χ3v) is 12.9. The van der Waals surface area contributed by atoms with Gasteiger partial charge in [-0.25, -0.2) is 22.8 Å². The Morgan fingerprint density at radius 1 is 1.07 bits per heavy atom. The summed E-state index contributed by atoms with van der Waals surface area (Å²) in [5.74, 6) is -1.20. The summed E-state index contributed by atoms with van der Waals surface area (Å²) < 4.78 is 65.0. The Bertz CT molecular complexity index is 2400. The number of halogens is 4. The van der Waals surface area contributed by atoms with Crippen LogP contribution >= 0.6 is 22.9 Å². The lowest BCUT2D eigenvalue weighted by Gasteiger charge is -2.50. The van der Waals surface area contributed by atoms with Crippen LogP contribution in [0.4, 0.5) is 33.6 Å². The summed E-state index contributed by atoms with van der Waals surface area (Å²) in [4.78, 5) is 41.2. The molecule has 1 N–H and O–H groups in total. The number of nitrogens with one attached hydrogen (secondary N) is 1. The number of amides is 2. The molecule has 4 aliphatic rings. The topological polar surface area (TPSA) is 133 Å². The van der Waals surface area contributed by atoms with E-state index in [9.17, 15) is 19.2 Å². The van der Waals surface area contributed by atoms with Crippen LogP contribution in [0.25, 0.3) is 32.1 Å². The molecule has 4 aromatic rings. The van der Waals surface area contributed by atoms with Crippen molar-refractivity contribution in [3.05, 3.63) is 40.4 Å². The summed E-state index contributed by atoms with van der Waals surface area (Å²) in [7, 11) is 0. The number of aromatic nitrogens is 2. The molecule has 2 aromatic carbocycles. The van der Waals surface area contributed by atoms with Gasteiger partial charge in [-0.15, -0.1) is 11.3 Å². The predicted octanol–water partition coefficient (Wildman–Crippen LogP) is 9.21. The summed E-state index contributed by atoms with van der Waals surface area (Å²) in [6.07, 6.45) is 1.06. The van der Waals surface area contributed by atoms with Crippen LogP contribution in [-0.4, -0.2) is 99.7 Å². The molecule has 0 aliphatic carbocycles. The molecular formula is C41H45ClF3N7O5S. The van der Waals surface area contributed by atoms with E-state index in [4.69, 9.17) is 30.8 Å². The van der Waals surface area contributed by atoms with Gasteiger partial charge in [0.2, 0.25) is 0 Å². The molecule has 0 unspecified atom stereocenters. The molecule has 12 nitrogen and oxygen atoms in total.